The molecule has 3 heterocycles. The number of carbonyl (C=O) groups excluding carboxylic acids is 4. The number of ether oxygens (including phenoxy) is 2. The van der Waals surface area contributed by atoms with E-state index in [-0.39, 0.29) is 29.0 Å². The maximum absolute atomic E-state index is 14.3. The number of nitrogens with zero attached hydrogens (tertiary/aromatic N) is 1. The van der Waals surface area contributed by atoms with Gasteiger partial charge in [0.2, 0.25) is 5.91 Å². The van der Waals surface area contributed by atoms with Crippen molar-refractivity contribution >= 4 is 58.9 Å². The summed E-state index contributed by atoms with van der Waals surface area (Å²) in [5, 5.41) is 2.33. The predicted molar refractivity (Wildman–Crippen MR) is 169 cm³/mol. The van der Waals surface area contributed by atoms with Gasteiger partial charge in [0, 0.05) is 23.3 Å². The molecule has 3 aromatic carbocycles. The number of β-lactam (4-membered cyclic amide) rings is 1. The third kappa shape index (κ3) is 5.42. The smallest absolute Gasteiger partial charge is 0.356 e. The van der Waals surface area contributed by atoms with E-state index in [2.05, 4.69) is 5.32 Å². The number of carbonyl (C=O) groups is 4. The lowest BCUT2D eigenvalue weighted by Gasteiger charge is -2.57. The number of hydrogen-bond acceptors (Lipinski definition) is 8. The Morgan fingerprint density at radius 2 is 1.61 bits per heavy atom. The molecule has 2 atom stereocenters. The standard InChI is InChI=1S/C33H27ClN2O6S2/c1-20(37)35-33(24-15-9-4-10-16-24)31(40)36-27(23(19-44-32(33)36)18-43-25-17-41-29(38)26(25)34)30(39)42-28(21-11-5-2-6-12-21)22-13-7-3-8-14-22/h2-16,28,32H,17-19H2,1H3,(H,35,37)/t32-,33-/m0/s1. The van der Waals surface area contributed by atoms with Gasteiger partial charge in [-0.25, -0.2) is 9.59 Å². The molecule has 3 aliphatic rings. The molecule has 1 saturated heterocycles. The van der Waals surface area contributed by atoms with Crippen LogP contribution >= 0.6 is 35.1 Å². The summed E-state index contributed by atoms with van der Waals surface area (Å²) in [6, 6.07) is 27.8. The van der Waals surface area contributed by atoms with Gasteiger partial charge in [-0.15, -0.1) is 23.5 Å². The number of nitrogens with one attached hydrogen (secondary N) is 1. The highest BCUT2D eigenvalue weighted by Gasteiger charge is 2.66. The van der Waals surface area contributed by atoms with E-state index in [9.17, 15) is 19.2 Å². The largest absolute Gasteiger partial charge is 0.456 e. The van der Waals surface area contributed by atoms with E-state index in [1.165, 1.54) is 35.3 Å². The molecule has 0 bridgehead atoms. The van der Waals surface area contributed by atoms with Crippen molar-refractivity contribution in [1.29, 1.82) is 0 Å². The molecule has 0 unspecified atom stereocenters. The number of amides is 2. The molecule has 0 saturated carbocycles. The van der Waals surface area contributed by atoms with Gasteiger partial charge in [0.25, 0.3) is 5.91 Å². The highest BCUT2D eigenvalue weighted by Crippen LogP contribution is 2.52. The Kier molecular flexibility index (Phi) is 8.57. The molecular weight excluding hydrogens is 620 g/mol. The summed E-state index contributed by atoms with van der Waals surface area (Å²) in [5.74, 6) is -1.40. The van der Waals surface area contributed by atoms with Crippen molar-refractivity contribution in [2.24, 2.45) is 0 Å². The number of rotatable bonds is 9. The maximum Gasteiger partial charge on any atom is 0.356 e. The van der Waals surface area contributed by atoms with Crippen LogP contribution in [-0.2, 0) is 34.2 Å². The van der Waals surface area contributed by atoms with Crippen LogP contribution in [0.4, 0.5) is 0 Å². The van der Waals surface area contributed by atoms with Gasteiger partial charge in [0.05, 0.1) is 0 Å². The van der Waals surface area contributed by atoms with Crippen molar-refractivity contribution in [2.75, 3.05) is 18.1 Å². The van der Waals surface area contributed by atoms with E-state index < -0.39 is 34.9 Å². The van der Waals surface area contributed by atoms with Crippen LogP contribution in [0.15, 0.2) is 112 Å². The zero-order valence-electron chi connectivity index (χ0n) is 23.5. The fourth-order valence-electron chi connectivity index (χ4n) is 5.55. The monoisotopic (exact) mass is 646 g/mol. The van der Waals surface area contributed by atoms with E-state index in [1.54, 1.807) is 12.1 Å². The van der Waals surface area contributed by atoms with E-state index in [1.807, 2.05) is 78.9 Å². The van der Waals surface area contributed by atoms with E-state index in [0.717, 1.165) is 11.1 Å². The van der Waals surface area contributed by atoms with E-state index in [0.29, 0.717) is 21.8 Å². The number of esters is 2. The maximum atomic E-state index is 14.3. The van der Waals surface area contributed by atoms with Gasteiger partial charge in [-0.3, -0.25) is 14.5 Å². The summed E-state index contributed by atoms with van der Waals surface area (Å²) in [4.78, 5) is 54.8. The first-order valence-corrected chi connectivity index (χ1v) is 16.2. The molecule has 0 spiro atoms. The van der Waals surface area contributed by atoms with E-state index in [4.69, 9.17) is 21.1 Å². The molecule has 8 nitrogen and oxygen atoms in total. The molecule has 3 aliphatic heterocycles. The van der Waals surface area contributed by atoms with Crippen LogP contribution in [0.1, 0.15) is 29.7 Å². The number of hydrogen-bond donors (Lipinski definition) is 1. The lowest BCUT2D eigenvalue weighted by atomic mass is 9.79. The van der Waals surface area contributed by atoms with E-state index >= 15 is 0 Å². The van der Waals surface area contributed by atoms with Gasteiger partial charge in [-0.2, -0.15) is 0 Å². The molecule has 0 aromatic heterocycles. The summed E-state index contributed by atoms with van der Waals surface area (Å²) in [6.07, 6.45) is -0.733. The zero-order valence-corrected chi connectivity index (χ0v) is 25.9. The fraction of sp³-hybridized carbons (Fsp3) is 0.212. The Bertz CT molecular complexity index is 1640. The van der Waals surface area contributed by atoms with Gasteiger partial charge in [0.1, 0.15) is 22.7 Å². The highest BCUT2D eigenvalue weighted by molar-refractivity contribution is 8.03. The molecule has 6 rings (SSSR count). The van der Waals surface area contributed by atoms with Gasteiger partial charge in [-0.05, 0) is 22.3 Å². The number of thioether (sulfide) groups is 2. The summed E-state index contributed by atoms with van der Waals surface area (Å²) >= 11 is 8.89. The van der Waals surface area contributed by atoms with Crippen LogP contribution < -0.4 is 5.32 Å². The number of halogens is 1. The lowest BCUT2D eigenvalue weighted by Crippen LogP contribution is -2.77. The van der Waals surface area contributed by atoms with Crippen LogP contribution in [0.25, 0.3) is 0 Å². The third-order valence-electron chi connectivity index (χ3n) is 7.56. The van der Waals surface area contributed by atoms with Gasteiger partial charge in [-0.1, -0.05) is 103 Å². The van der Waals surface area contributed by atoms with Crippen LogP contribution in [0, 0.1) is 0 Å². The second kappa shape index (κ2) is 12.6. The minimum Gasteiger partial charge on any atom is -0.456 e. The van der Waals surface area contributed by atoms with Crippen LogP contribution in [0.3, 0.4) is 0 Å². The number of fused-ring (bicyclic) bond motifs is 1. The molecule has 44 heavy (non-hydrogen) atoms. The highest BCUT2D eigenvalue weighted by atomic mass is 35.5. The van der Waals surface area contributed by atoms with Crippen LogP contribution in [-0.4, -0.2) is 52.1 Å². The molecule has 1 N–H and O–H groups in total. The Morgan fingerprint density at radius 1 is 1.02 bits per heavy atom. The second-order valence-electron chi connectivity index (χ2n) is 10.4. The minimum absolute atomic E-state index is 0.0167. The molecule has 2 amide bonds. The van der Waals surface area contributed by atoms with Crippen LogP contribution in [0.5, 0.6) is 0 Å². The van der Waals surface area contributed by atoms with Crippen molar-refractivity contribution < 1.29 is 28.7 Å². The number of cyclic esters (lactones) is 1. The fourth-order valence-corrected chi connectivity index (χ4v) is 8.38. The first-order valence-electron chi connectivity index (χ1n) is 13.8. The van der Waals surface area contributed by atoms with Gasteiger partial charge >= 0.3 is 11.9 Å². The summed E-state index contributed by atoms with van der Waals surface area (Å²) in [5.41, 5.74) is 1.60. The van der Waals surface area contributed by atoms with Crippen LogP contribution in [0.2, 0.25) is 0 Å². The van der Waals surface area contributed by atoms with Crippen molar-refractivity contribution in [2.45, 2.75) is 23.9 Å². The average Bonchev–Trinajstić information content (AvgIpc) is 3.38. The Labute approximate surface area is 267 Å². The normalized spacial score (nSPS) is 21.2. The SMILES string of the molecule is CC(=O)N[C@@]1(c2ccccc2)C(=O)N2C(C(=O)OC(c3ccccc3)c3ccccc3)=C(CSC3=C(Cl)C(=O)OC3)CS[C@H]21. The molecule has 11 heteroatoms. The van der Waals surface area contributed by atoms with Crippen molar-refractivity contribution in [3.05, 3.63) is 129 Å². The lowest BCUT2D eigenvalue weighted by molar-refractivity contribution is -0.162. The second-order valence-corrected chi connectivity index (χ2v) is 12.9. The summed E-state index contributed by atoms with van der Waals surface area (Å²) < 4.78 is 11.3. The Balaban J connectivity index is 1.40. The quantitative estimate of drug-likeness (QED) is 0.248. The third-order valence-corrected chi connectivity index (χ3v) is 10.6. The Hall–Kier alpha value is -3.99. The summed E-state index contributed by atoms with van der Waals surface area (Å²) in [6.45, 7) is 1.42. The zero-order chi connectivity index (χ0) is 30.8. The average molecular weight is 647 g/mol. The molecule has 0 radical (unpaired) electrons. The number of benzene rings is 3. The molecular formula is C33H27ClN2O6S2. The van der Waals surface area contributed by atoms with Crippen molar-refractivity contribution in [1.82, 2.24) is 10.2 Å². The van der Waals surface area contributed by atoms with Gasteiger partial charge < -0.3 is 14.8 Å². The first-order chi connectivity index (χ1) is 21.3. The minimum atomic E-state index is -1.35. The topological polar surface area (TPSA) is 102 Å². The molecule has 1 fully saturated rings. The predicted octanol–water partition coefficient (Wildman–Crippen LogP) is 5.26. The van der Waals surface area contributed by atoms with Gasteiger partial charge in [0.15, 0.2) is 11.6 Å². The van der Waals surface area contributed by atoms with Crippen molar-refractivity contribution in [3.63, 3.8) is 0 Å². The molecule has 3 aromatic rings. The molecule has 224 valence electrons. The first kappa shape index (κ1) is 30.1. The van der Waals surface area contributed by atoms with Crippen molar-refractivity contribution in [3.8, 4) is 0 Å². The Morgan fingerprint density at radius 3 is 2.16 bits per heavy atom. The summed E-state index contributed by atoms with van der Waals surface area (Å²) in [7, 11) is 0. The molecule has 0 aliphatic carbocycles.